The number of amides is 1. The van der Waals surface area contributed by atoms with Crippen molar-refractivity contribution in [2.24, 2.45) is 0 Å². The average molecular weight is 381 g/mol. The molecule has 0 unspecified atom stereocenters. The zero-order valence-corrected chi connectivity index (χ0v) is 17.0. The van der Waals surface area contributed by atoms with E-state index in [0.29, 0.717) is 15.3 Å². The predicted octanol–water partition coefficient (Wildman–Crippen LogP) is 3.81. The maximum Gasteiger partial charge on any atom is 0.293 e. The molecule has 1 aromatic heterocycles. The quantitative estimate of drug-likeness (QED) is 0.470. The Kier molecular flexibility index (Phi) is 6.02. The molecule has 0 spiro atoms. The molecule has 0 atom stereocenters. The van der Waals surface area contributed by atoms with Gasteiger partial charge in [-0.3, -0.25) is 14.4 Å². The van der Waals surface area contributed by atoms with Gasteiger partial charge < -0.3 is 5.32 Å². The fraction of sp³-hybridized carbons (Fsp3) is 0.318. The van der Waals surface area contributed by atoms with E-state index in [1.165, 1.54) is 11.3 Å². The SMILES string of the molecule is C#CC(C)(C)NC(=O)C(=O)c1c(C)sc(C(=O)Cc2cccc(C)c2)c1C. The van der Waals surface area contributed by atoms with Gasteiger partial charge in [-0.05, 0) is 45.7 Å². The molecule has 4 nitrogen and oxygen atoms in total. The Morgan fingerprint density at radius 2 is 1.85 bits per heavy atom. The van der Waals surface area contributed by atoms with E-state index in [-0.39, 0.29) is 17.8 Å². The van der Waals surface area contributed by atoms with Crippen molar-refractivity contribution < 1.29 is 14.4 Å². The number of carbonyl (C=O) groups excluding carboxylic acids is 3. The summed E-state index contributed by atoms with van der Waals surface area (Å²) >= 11 is 1.25. The summed E-state index contributed by atoms with van der Waals surface area (Å²) in [6.45, 7) is 8.71. The molecule has 1 heterocycles. The van der Waals surface area contributed by atoms with Gasteiger partial charge in [0.05, 0.1) is 10.4 Å². The van der Waals surface area contributed by atoms with Gasteiger partial charge >= 0.3 is 0 Å². The average Bonchev–Trinajstić information content (AvgIpc) is 2.88. The molecule has 0 fully saturated rings. The van der Waals surface area contributed by atoms with Crippen molar-refractivity contribution in [1.82, 2.24) is 5.32 Å². The van der Waals surface area contributed by atoms with Crippen molar-refractivity contribution in [3.63, 3.8) is 0 Å². The van der Waals surface area contributed by atoms with Crippen LogP contribution in [-0.4, -0.2) is 23.0 Å². The van der Waals surface area contributed by atoms with E-state index in [4.69, 9.17) is 6.42 Å². The highest BCUT2D eigenvalue weighted by Gasteiger charge is 2.29. The summed E-state index contributed by atoms with van der Waals surface area (Å²) < 4.78 is 0. The van der Waals surface area contributed by atoms with Crippen LogP contribution < -0.4 is 5.32 Å². The van der Waals surface area contributed by atoms with Crippen LogP contribution in [-0.2, 0) is 11.2 Å². The lowest BCUT2D eigenvalue weighted by Crippen LogP contribution is -2.45. The molecule has 2 aromatic rings. The molecule has 140 valence electrons. The van der Waals surface area contributed by atoms with Crippen LogP contribution in [0, 0.1) is 33.1 Å². The second-order valence-electron chi connectivity index (χ2n) is 7.13. The number of rotatable bonds is 6. The van der Waals surface area contributed by atoms with Gasteiger partial charge in [0, 0.05) is 16.9 Å². The predicted molar refractivity (Wildman–Crippen MR) is 108 cm³/mol. The molecular formula is C22H23NO3S. The molecule has 27 heavy (non-hydrogen) atoms. The highest BCUT2D eigenvalue weighted by molar-refractivity contribution is 7.14. The third-order valence-corrected chi connectivity index (χ3v) is 5.49. The zero-order chi connectivity index (χ0) is 20.4. The van der Waals surface area contributed by atoms with Gasteiger partial charge in [-0.25, -0.2) is 0 Å². The molecule has 0 radical (unpaired) electrons. The Morgan fingerprint density at radius 3 is 2.44 bits per heavy atom. The Balaban J connectivity index is 2.28. The topological polar surface area (TPSA) is 63.2 Å². The van der Waals surface area contributed by atoms with E-state index < -0.39 is 17.2 Å². The van der Waals surface area contributed by atoms with Crippen molar-refractivity contribution >= 4 is 28.8 Å². The van der Waals surface area contributed by atoms with Crippen molar-refractivity contribution in [2.75, 3.05) is 0 Å². The number of nitrogens with one attached hydrogen (secondary N) is 1. The lowest BCUT2D eigenvalue weighted by molar-refractivity contribution is -0.118. The molecule has 1 amide bonds. The Morgan fingerprint density at radius 1 is 1.19 bits per heavy atom. The Labute approximate surface area is 164 Å². The molecule has 1 aromatic carbocycles. The minimum atomic E-state index is -0.922. The highest BCUT2D eigenvalue weighted by Crippen LogP contribution is 2.29. The number of thiophene rings is 1. The molecule has 0 aliphatic heterocycles. The number of hydrogen-bond acceptors (Lipinski definition) is 4. The molecule has 2 rings (SSSR count). The summed E-state index contributed by atoms with van der Waals surface area (Å²) in [5.74, 6) is 0.935. The van der Waals surface area contributed by atoms with E-state index in [0.717, 1.165) is 11.1 Å². The second-order valence-corrected chi connectivity index (χ2v) is 8.35. The molecule has 0 saturated carbocycles. The number of ketones is 2. The lowest BCUT2D eigenvalue weighted by Gasteiger charge is -2.18. The minimum absolute atomic E-state index is 0.0605. The number of terminal acetylenes is 1. The maximum atomic E-state index is 12.8. The first-order valence-corrected chi connectivity index (χ1v) is 9.40. The van der Waals surface area contributed by atoms with Crippen LogP contribution in [0.3, 0.4) is 0 Å². The number of aryl methyl sites for hydroxylation is 2. The number of hydrogen-bond donors (Lipinski definition) is 1. The van der Waals surface area contributed by atoms with Gasteiger partial charge in [-0.15, -0.1) is 17.8 Å². The zero-order valence-electron chi connectivity index (χ0n) is 16.2. The first-order valence-electron chi connectivity index (χ1n) is 8.59. The van der Waals surface area contributed by atoms with E-state index >= 15 is 0 Å². The Bertz CT molecular complexity index is 960. The summed E-state index contributed by atoms with van der Waals surface area (Å²) in [6, 6.07) is 7.76. The van der Waals surface area contributed by atoms with Crippen molar-refractivity contribution in [2.45, 2.75) is 46.6 Å². The van der Waals surface area contributed by atoms with E-state index in [1.54, 1.807) is 27.7 Å². The summed E-state index contributed by atoms with van der Waals surface area (Å²) in [7, 11) is 0. The lowest BCUT2D eigenvalue weighted by atomic mass is 9.99. The van der Waals surface area contributed by atoms with Crippen LogP contribution in [0.5, 0.6) is 0 Å². The van der Waals surface area contributed by atoms with E-state index in [2.05, 4.69) is 11.2 Å². The number of benzene rings is 1. The fourth-order valence-electron chi connectivity index (χ4n) is 2.83. The second kappa shape index (κ2) is 7.89. The summed E-state index contributed by atoms with van der Waals surface area (Å²) in [4.78, 5) is 38.8. The van der Waals surface area contributed by atoms with E-state index in [9.17, 15) is 14.4 Å². The molecule has 0 aliphatic rings. The van der Waals surface area contributed by atoms with Crippen LogP contribution in [0.4, 0.5) is 0 Å². The van der Waals surface area contributed by atoms with Crippen molar-refractivity contribution in [1.29, 1.82) is 0 Å². The third kappa shape index (κ3) is 4.72. The molecule has 0 bridgehead atoms. The minimum Gasteiger partial charge on any atom is -0.333 e. The van der Waals surface area contributed by atoms with Gasteiger partial charge in [0.25, 0.3) is 11.7 Å². The van der Waals surface area contributed by atoms with Gasteiger partial charge in [0.2, 0.25) is 0 Å². The van der Waals surface area contributed by atoms with Gasteiger partial charge in [-0.2, -0.15) is 0 Å². The largest absolute Gasteiger partial charge is 0.333 e. The summed E-state index contributed by atoms with van der Waals surface area (Å²) in [5.41, 5.74) is 1.93. The molecule has 1 N–H and O–H groups in total. The summed E-state index contributed by atoms with van der Waals surface area (Å²) in [5, 5.41) is 2.54. The van der Waals surface area contributed by atoms with E-state index in [1.807, 2.05) is 31.2 Å². The van der Waals surface area contributed by atoms with Gasteiger partial charge in [-0.1, -0.05) is 35.7 Å². The van der Waals surface area contributed by atoms with Crippen LogP contribution in [0.2, 0.25) is 0 Å². The highest BCUT2D eigenvalue weighted by atomic mass is 32.1. The van der Waals surface area contributed by atoms with Crippen LogP contribution in [0.25, 0.3) is 0 Å². The molecular weight excluding hydrogens is 358 g/mol. The van der Waals surface area contributed by atoms with Crippen molar-refractivity contribution in [3.05, 3.63) is 56.3 Å². The normalized spacial score (nSPS) is 11.0. The van der Waals surface area contributed by atoms with Crippen LogP contribution in [0.1, 0.15) is 55.4 Å². The first-order chi connectivity index (χ1) is 12.6. The van der Waals surface area contributed by atoms with Crippen LogP contribution >= 0.6 is 11.3 Å². The number of carbonyl (C=O) groups is 3. The Hall–Kier alpha value is -2.71. The summed E-state index contributed by atoms with van der Waals surface area (Å²) in [6.07, 6.45) is 5.62. The standard InChI is InChI=1S/C22H23NO3S/c1-7-22(5,6)23-21(26)19(25)18-14(3)20(27-15(18)4)17(24)12-16-10-8-9-13(2)11-16/h1,8-11H,12H2,2-6H3,(H,23,26). The molecule has 5 heteroatoms. The molecule has 0 aliphatic carbocycles. The third-order valence-electron chi connectivity index (χ3n) is 4.24. The maximum absolute atomic E-state index is 12.8. The van der Waals surface area contributed by atoms with Gasteiger partial charge in [0.1, 0.15) is 0 Å². The monoisotopic (exact) mass is 381 g/mol. The molecule has 0 saturated heterocycles. The number of Topliss-reactive ketones (excluding diaryl/α,β-unsaturated/α-hetero) is 2. The fourth-order valence-corrected chi connectivity index (χ4v) is 3.93. The van der Waals surface area contributed by atoms with Crippen molar-refractivity contribution in [3.8, 4) is 12.3 Å². The first kappa shape index (κ1) is 20.6. The van der Waals surface area contributed by atoms with Crippen LogP contribution in [0.15, 0.2) is 24.3 Å². The smallest absolute Gasteiger partial charge is 0.293 e. The van der Waals surface area contributed by atoms with Gasteiger partial charge in [0.15, 0.2) is 5.78 Å².